The number of esters is 1. The van der Waals surface area contributed by atoms with Gasteiger partial charge in [0.25, 0.3) is 0 Å². The molecule has 2 aliphatic carbocycles. The molecule has 152 valence electrons. The third-order valence-corrected chi connectivity index (χ3v) is 6.53. The minimum Gasteiger partial charge on any atom is -0.462 e. The Labute approximate surface area is 156 Å². The summed E-state index contributed by atoms with van der Waals surface area (Å²) in [4.78, 5) is 12.4. The highest BCUT2D eigenvalue weighted by Crippen LogP contribution is 2.41. The summed E-state index contributed by atoms with van der Waals surface area (Å²) in [6.45, 7) is 2.76. The molecule has 2 fully saturated rings. The maximum Gasteiger partial charge on any atom is 0.309 e. The molecule has 0 saturated heterocycles. The highest BCUT2D eigenvalue weighted by molar-refractivity contribution is 5.72. The third-order valence-electron chi connectivity index (χ3n) is 6.53. The standard InChI is InChI=1S/C21H35F3O2/c1-14-3-5-16(6-4-14)17-7-9-18(10-8-17)21(25)26-19(11-12-22)13-20(24)15(2)23/h14-20H,3-13H2,1-2H3. The molecular weight excluding hydrogens is 341 g/mol. The second-order valence-corrected chi connectivity index (χ2v) is 8.60. The topological polar surface area (TPSA) is 26.3 Å². The van der Waals surface area contributed by atoms with Crippen LogP contribution in [0.3, 0.4) is 0 Å². The fraction of sp³-hybridized carbons (Fsp3) is 0.952. The van der Waals surface area contributed by atoms with Gasteiger partial charge in [-0.2, -0.15) is 0 Å². The smallest absolute Gasteiger partial charge is 0.309 e. The molecule has 0 bridgehead atoms. The molecule has 0 aliphatic heterocycles. The van der Waals surface area contributed by atoms with Crippen molar-refractivity contribution < 1.29 is 22.7 Å². The van der Waals surface area contributed by atoms with Crippen molar-refractivity contribution in [2.45, 2.75) is 96.5 Å². The lowest BCUT2D eigenvalue weighted by molar-refractivity contribution is -0.157. The van der Waals surface area contributed by atoms with Crippen LogP contribution in [0.2, 0.25) is 0 Å². The number of hydrogen-bond donors (Lipinski definition) is 0. The highest BCUT2D eigenvalue weighted by Gasteiger charge is 2.34. The van der Waals surface area contributed by atoms with Crippen molar-refractivity contribution in [3.8, 4) is 0 Å². The fourth-order valence-corrected chi connectivity index (χ4v) is 4.63. The van der Waals surface area contributed by atoms with E-state index in [2.05, 4.69) is 6.92 Å². The quantitative estimate of drug-likeness (QED) is 0.487. The average molecular weight is 377 g/mol. The van der Waals surface area contributed by atoms with E-state index in [0.717, 1.165) is 44.4 Å². The van der Waals surface area contributed by atoms with Crippen molar-refractivity contribution >= 4 is 5.97 Å². The number of ether oxygens (including phenoxy) is 1. The summed E-state index contributed by atoms with van der Waals surface area (Å²) in [7, 11) is 0. The van der Waals surface area contributed by atoms with Gasteiger partial charge < -0.3 is 4.74 Å². The molecule has 3 unspecified atom stereocenters. The van der Waals surface area contributed by atoms with Gasteiger partial charge >= 0.3 is 5.97 Å². The summed E-state index contributed by atoms with van der Waals surface area (Å²) in [5.41, 5.74) is 0. The molecule has 3 atom stereocenters. The predicted molar refractivity (Wildman–Crippen MR) is 97.1 cm³/mol. The Kier molecular flexibility index (Phi) is 8.75. The lowest BCUT2D eigenvalue weighted by Crippen LogP contribution is -2.32. The summed E-state index contributed by atoms with van der Waals surface area (Å²) >= 11 is 0. The van der Waals surface area contributed by atoms with E-state index in [4.69, 9.17) is 4.74 Å². The van der Waals surface area contributed by atoms with Crippen molar-refractivity contribution in [1.29, 1.82) is 0 Å². The van der Waals surface area contributed by atoms with Crippen molar-refractivity contribution in [2.75, 3.05) is 6.67 Å². The van der Waals surface area contributed by atoms with Crippen LogP contribution >= 0.6 is 0 Å². The Balaban J connectivity index is 1.77. The first-order chi connectivity index (χ1) is 12.4. The summed E-state index contributed by atoms with van der Waals surface area (Å²) < 4.78 is 44.6. The Hall–Kier alpha value is -0.740. The summed E-state index contributed by atoms with van der Waals surface area (Å²) in [6.07, 6.45) is 4.39. The second kappa shape index (κ2) is 10.6. The molecule has 0 N–H and O–H groups in total. The molecule has 26 heavy (non-hydrogen) atoms. The predicted octanol–water partition coefficient (Wildman–Crippen LogP) is 5.98. The SMILES string of the molecule is CC1CCC(C2CCC(C(=O)OC(CCF)CC(F)C(C)F)CC2)CC1. The van der Waals surface area contributed by atoms with Gasteiger partial charge in [-0.25, -0.2) is 8.78 Å². The zero-order valence-electron chi connectivity index (χ0n) is 16.3. The van der Waals surface area contributed by atoms with Crippen LogP contribution in [0.1, 0.15) is 78.1 Å². The molecule has 0 spiro atoms. The molecule has 0 radical (unpaired) electrons. The molecule has 2 nitrogen and oxygen atoms in total. The molecule has 2 rings (SSSR count). The minimum absolute atomic E-state index is 0.0610. The van der Waals surface area contributed by atoms with Gasteiger partial charge in [-0.05, 0) is 63.2 Å². The van der Waals surface area contributed by atoms with Crippen LogP contribution in [-0.2, 0) is 9.53 Å². The lowest BCUT2D eigenvalue weighted by Gasteiger charge is -2.37. The molecule has 2 saturated carbocycles. The third kappa shape index (κ3) is 6.45. The van der Waals surface area contributed by atoms with Crippen LogP contribution < -0.4 is 0 Å². The summed E-state index contributed by atoms with van der Waals surface area (Å²) in [5, 5.41) is 0. The van der Waals surface area contributed by atoms with Crippen molar-refractivity contribution in [3.05, 3.63) is 0 Å². The van der Waals surface area contributed by atoms with E-state index in [-0.39, 0.29) is 24.7 Å². The monoisotopic (exact) mass is 376 g/mol. The van der Waals surface area contributed by atoms with Gasteiger partial charge in [-0.3, -0.25) is 9.18 Å². The molecule has 0 aromatic rings. The maximum atomic E-state index is 13.6. The average Bonchev–Trinajstić information content (AvgIpc) is 2.62. The molecule has 2 aliphatic rings. The number of hydrogen-bond acceptors (Lipinski definition) is 2. The van der Waals surface area contributed by atoms with Gasteiger partial charge in [-0.15, -0.1) is 0 Å². The van der Waals surface area contributed by atoms with Crippen LogP contribution in [0, 0.1) is 23.7 Å². The van der Waals surface area contributed by atoms with Crippen molar-refractivity contribution in [2.24, 2.45) is 23.7 Å². The molecule has 0 amide bonds. The molecular formula is C21H35F3O2. The number of alkyl halides is 3. The first-order valence-electron chi connectivity index (χ1n) is 10.4. The summed E-state index contributed by atoms with van der Waals surface area (Å²) in [6, 6.07) is 0. The van der Waals surface area contributed by atoms with Crippen molar-refractivity contribution in [3.63, 3.8) is 0 Å². The van der Waals surface area contributed by atoms with Gasteiger partial charge in [0.05, 0.1) is 12.6 Å². The molecule has 0 heterocycles. The van der Waals surface area contributed by atoms with E-state index < -0.39 is 25.1 Å². The first kappa shape index (κ1) is 21.6. The Bertz CT molecular complexity index is 413. The normalized spacial score (nSPS) is 33.3. The van der Waals surface area contributed by atoms with Crippen LogP contribution in [0.4, 0.5) is 13.2 Å². The van der Waals surface area contributed by atoms with Crippen LogP contribution in [0.25, 0.3) is 0 Å². The van der Waals surface area contributed by atoms with Gasteiger partial charge in [0.15, 0.2) is 0 Å². The Morgan fingerprint density at radius 3 is 2.04 bits per heavy atom. The summed E-state index contributed by atoms with van der Waals surface area (Å²) in [5.74, 6) is 1.82. The van der Waals surface area contributed by atoms with E-state index in [1.54, 1.807) is 0 Å². The number of carbonyl (C=O) groups is 1. The van der Waals surface area contributed by atoms with Gasteiger partial charge in [0.2, 0.25) is 0 Å². The van der Waals surface area contributed by atoms with Crippen molar-refractivity contribution in [1.82, 2.24) is 0 Å². The van der Waals surface area contributed by atoms with Crippen LogP contribution in [-0.4, -0.2) is 31.1 Å². The Morgan fingerprint density at radius 2 is 1.54 bits per heavy atom. The lowest BCUT2D eigenvalue weighted by atomic mass is 9.69. The second-order valence-electron chi connectivity index (χ2n) is 8.60. The minimum atomic E-state index is -1.72. The molecule has 0 aromatic carbocycles. The first-order valence-corrected chi connectivity index (χ1v) is 10.4. The number of carbonyl (C=O) groups excluding carboxylic acids is 1. The Morgan fingerprint density at radius 1 is 1.00 bits per heavy atom. The highest BCUT2D eigenvalue weighted by atomic mass is 19.2. The number of halogens is 3. The van der Waals surface area contributed by atoms with E-state index in [1.165, 1.54) is 25.7 Å². The molecule has 5 heteroatoms. The van der Waals surface area contributed by atoms with E-state index in [1.807, 2.05) is 0 Å². The van der Waals surface area contributed by atoms with E-state index in [0.29, 0.717) is 5.92 Å². The van der Waals surface area contributed by atoms with Gasteiger partial charge in [0.1, 0.15) is 18.4 Å². The molecule has 0 aromatic heterocycles. The van der Waals surface area contributed by atoms with Gasteiger partial charge in [0, 0.05) is 12.8 Å². The van der Waals surface area contributed by atoms with E-state index >= 15 is 0 Å². The van der Waals surface area contributed by atoms with Crippen LogP contribution in [0.5, 0.6) is 0 Å². The fourth-order valence-electron chi connectivity index (χ4n) is 4.63. The largest absolute Gasteiger partial charge is 0.462 e. The maximum absolute atomic E-state index is 13.6. The zero-order chi connectivity index (χ0) is 19.1. The van der Waals surface area contributed by atoms with E-state index in [9.17, 15) is 18.0 Å². The van der Waals surface area contributed by atoms with Crippen LogP contribution in [0.15, 0.2) is 0 Å². The zero-order valence-corrected chi connectivity index (χ0v) is 16.3. The van der Waals surface area contributed by atoms with Gasteiger partial charge in [-0.1, -0.05) is 19.8 Å². The number of rotatable bonds is 8.